The van der Waals surface area contributed by atoms with Gasteiger partial charge in [0.1, 0.15) is 5.82 Å². The molecule has 0 aliphatic carbocycles. The molecule has 2 aromatic carbocycles. The predicted molar refractivity (Wildman–Crippen MR) is 118 cm³/mol. The number of imidazole rings is 1. The maximum Gasteiger partial charge on any atom is 0.328 e. The Labute approximate surface area is 174 Å². The SMILES string of the molecule is CCc1ccc(Cn2nccc2NC(=O)CCn2c(=O)n(C)c3ccccc32)cc1. The van der Waals surface area contributed by atoms with E-state index in [0.717, 1.165) is 23.0 Å². The number of amides is 1. The van der Waals surface area contributed by atoms with Gasteiger partial charge in [0, 0.05) is 26.1 Å². The molecule has 0 atom stereocenters. The normalized spacial score (nSPS) is 11.1. The van der Waals surface area contributed by atoms with Crippen LogP contribution in [0.2, 0.25) is 0 Å². The van der Waals surface area contributed by atoms with Gasteiger partial charge in [-0.25, -0.2) is 9.48 Å². The predicted octanol–water partition coefficient (Wildman–Crippen LogP) is 3.18. The number of fused-ring (bicyclic) bond motifs is 1. The first-order chi connectivity index (χ1) is 14.6. The van der Waals surface area contributed by atoms with E-state index < -0.39 is 0 Å². The van der Waals surface area contributed by atoms with E-state index in [0.29, 0.717) is 18.9 Å². The van der Waals surface area contributed by atoms with Gasteiger partial charge in [-0.2, -0.15) is 5.10 Å². The summed E-state index contributed by atoms with van der Waals surface area (Å²) in [6.45, 7) is 3.02. The maximum atomic E-state index is 12.6. The number of carbonyl (C=O) groups excluding carboxylic acids is 1. The van der Waals surface area contributed by atoms with Crippen LogP contribution in [0.25, 0.3) is 11.0 Å². The summed E-state index contributed by atoms with van der Waals surface area (Å²) in [7, 11) is 1.74. The number of carbonyl (C=O) groups is 1. The zero-order chi connectivity index (χ0) is 21.1. The monoisotopic (exact) mass is 403 g/mol. The molecule has 7 nitrogen and oxygen atoms in total. The lowest BCUT2D eigenvalue weighted by atomic mass is 10.1. The Morgan fingerprint density at radius 2 is 1.70 bits per heavy atom. The number of anilines is 1. The first-order valence-electron chi connectivity index (χ1n) is 10.1. The van der Waals surface area contributed by atoms with E-state index >= 15 is 0 Å². The van der Waals surface area contributed by atoms with Gasteiger partial charge < -0.3 is 5.32 Å². The lowest BCUT2D eigenvalue weighted by Gasteiger charge is -2.10. The Morgan fingerprint density at radius 3 is 2.43 bits per heavy atom. The highest BCUT2D eigenvalue weighted by Gasteiger charge is 2.13. The van der Waals surface area contributed by atoms with E-state index in [-0.39, 0.29) is 18.0 Å². The van der Waals surface area contributed by atoms with Crippen LogP contribution in [0.1, 0.15) is 24.5 Å². The molecule has 2 heterocycles. The molecular weight excluding hydrogens is 378 g/mol. The summed E-state index contributed by atoms with van der Waals surface area (Å²) in [5, 5.41) is 7.24. The molecule has 0 bridgehead atoms. The summed E-state index contributed by atoms with van der Waals surface area (Å²) in [5.41, 5.74) is 3.98. The van der Waals surface area contributed by atoms with Crippen molar-refractivity contribution in [1.82, 2.24) is 18.9 Å². The summed E-state index contributed by atoms with van der Waals surface area (Å²) in [6, 6.07) is 17.8. The fourth-order valence-electron chi connectivity index (χ4n) is 3.62. The van der Waals surface area contributed by atoms with Gasteiger partial charge in [0.15, 0.2) is 0 Å². The van der Waals surface area contributed by atoms with Gasteiger partial charge in [-0.15, -0.1) is 0 Å². The molecule has 2 aromatic heterocycles. The van der Waals surface area contributed by atoms with E-state index in [1.54, 1.807) is 33.1 Å². The molecule has 30 heavy (non-hydrogen) atoms. The van der Waals surface area contributed by atoms with Crippen LogP contribution in [0.15, 0.2) is 65.6 Å². The molecule has 0 aliphatic heterocycles. The van der Waals surface area contributed by atoms with E-state index in [1.807, 2.05) is 24.3 Å². The third-order valence-corrected chi connectivity index (χ3v) is 5.36. The molecule has 0 fully saturated rings. The zero-order valence-corrected chi connectivity index (χ0v) is 17.2. The van der Waals surface area contributed by atoms with Crippen molar-refractivity contribution >= 4 is 22.8 Å². The standard InChI is InChI=1S/C23H25N5O2/c1-3-17-8-10-18(11-9-17)16-28-21(12-14-24-28)25-22(29)13-15-27-20-7-5-4-6-19(20)26(2)23(27)30/h4-12,14H,3,13,15-16H2,1-2H3,(H,25,29). The largest absolute Gasteiger partial charge is 0.328 e. The van der Waals surface area contributed by atoms with E-state index in [9.17, 15) is 9.59 Å². The highest BCUT2D eigenvalue weighted by Crippen LogP contribution is 2.14. The van der Waals surface area contributed by atoms with Gasteiger partial charge in [-0.05, 0) is 29.7 Å². The number of para-hydroxylation sites is 2. The van der Waals surface area contributed by atoms with Crippen molar-refractivity contribution in [3.8, 4) is 0 Å². The Hall–Kier alpha value is -3.61. The fourth-order valence-corrected chi connectivity index (χ4v) is 3.62. The van der Waals surface area contributed by atoms with Crippen molar-refractivity contribution in [1.29, 1.82) is 0 Å². The van der Waals surface area contributed by atoms with Gasteiger partial charge in [-0.1, -0.05) is 43.3 Å². The molecular formula is C23H25N5O2. The Balaban J connectivity index is 1.43. The second-order valence-corrected chi connectivity index (χ2v) is 7.32. The van der Waals surface area contributed by atoms with Crippen LogP contribution in [0.3, 0.4) is 0 Å². The van der Waals surface area contributed by atoms with Gasteiger partial charge in [0.2, 0.25) is 5.91 Å². The quantitative estimate of drug-likeness (QED) is 0.515. The van der Waals surface area contributed by atoms with Gasteiger partial charge in [-0.3, -0.25) is 13.9 Å². The van der Waals surface area contributed by atoms with Gasteiger partial charge >= 0.3 is 5.69 Å². The minimum Gasteiger partial charge on any atom is -0.311 e. The Kier molecular flexibility index (Phi) is 5.52. The summed E-state index contributed by atoms with van der Waals surface area (Å²) in [6.07, 6.45) is 2.87. The second kappa shape index (κ2) is 8.41. The minimum absolute atomic E-state index is 0.121. The van der Waals surface area contributed by atoms with Crippen molar-refractivity contribution in [2.24, 2.45) is 7.05 Å². The molecule has 0 spiro atoms. The Bertz CT molecular complexity index is 1230. The molecule has 1 N–H and O–H groups in total. The van der Waals surface area contributed by atoms with Crippen LogP contribution in [-0.2, 0) is 31.4 Å². The fraction of sp³-hybridized carbons (Fsp3) is 0.261. The minimum atomic E-state index is -0.155. The lowest BCUT2D eigenvalue weighted by molar-refractivity contribution is -0.116. The third kappa shape index (κ3) is 3.91. The number of nitrogens with one attached hydrogen (secondary N) is 1. The Morgan fingerprint density at radius 1 is 1.00 bits per heavy atom. The van der Waals surface area contributed by atoms with Crippen LogP contribution < -0.4 is 11.0 Å². The summed E-state index contributed by atoms with van der Waals surface area (Å²) in [4.78, 5) is 25.1. The molecule has 4 aromatic rings. The highest BCUT2D eigenvalue weighted by atomic mass is 16.2. The number of aryl methyl sites for hydroxylation is 3. The molecule has 0 aliphatic rings. The number of rotatable bonds is 7. The van der Waals surface area contributed by atoms with Crippen molar-refractivity contribution in [2.45, 2.75) is 32.9 Å². The molecule has 0 unspecified atom stereocenters. The number of nitrogens with zero attached hydrogens (tertiary/aromatic N) is 4. The van der Waals surface area contributed by atoms with Gasteiger partial charge in [0.25, 0.3) is 0 Å². The van der Waals surface area contributed by atoms with E-state index in [1.165, 1.54) is 5.56 Å². The van der Waals surface area contributed by atoms with Gasteiger partial charge in [0.05, 0.1) is 23.8 Å². The second-order valence-electron chi connectivity index (χ2n) is 7.32. The number of hydrogen-bond donors (Lipinski definition) is 1. The van der Waals surface area contributed by atoms with Crippen molar-refractivity contribution < 1.29 is 4.79 Å². The molecule has 0 saturated heterocycles. The average molecular weight is 403 g/mol. The molecule has 154 valence electrons. The van der Waals surface area contributed by atoms with Crippen molar-refractivity contribution in [3.05, 3.63) is 82.4 Å². The first-order valence-corrected chi connectivity index (χ1v) is 10.1. The summed E-state index contributed by atoms with van der Waals surface area (Å²) >= 11 is 0. The average Bonchev–Trinajstić information content (AvgIpc) is 3.29. The van der Waals surface area contributed by atoms with Crippen molar-refractivity contribution in [3.63, 3.8) is 0 Å². The molecule has 0 radical (unpaired) electrons. The van der Waals surface area contributed by atoms with Crippen LogP contribution in [0, 0.1) is 0 Å². The van der Waals surface area contributed by atoms with Crippen LogP contribution in [0.5, 0.6) is 0 Å². The zero-order valence-electron chi connectivity index (χ0n) is 17.2. The van der Waals surface area contributed by atoms with Crippen molar-refractivity contribution in [2.75, 3.05) is 5.32 Å². The van der Waals surface area contributed by atoms with E-state index in [2.05, 4.69) is 41.6 Å². The molecule has 0 saturated carbocycles. The summed E-state index contributed by atoms with van der Waals surface area (Å²) < 4.78 is 5.01. The third-order valence-electron chi connectivity index (χ3n) is 5.36. The number of aromatic nitrogens is 4. The van der Waals surface area contributed by atoms with E-state index in [4.69, 9.17) is 0 Å². The number of benzene rings is 2. The maximum absolute atomic E-state index is 12.6. The first kappa shape index (κ1) is 19.7. The van der Waals surface area contributed by atoms with Crippen LogP contribution in [0.4, 0.5) is 5.82 Å². The van der Waals surface area contributed by atoms with Crippen LogP contribution >= 0.6 is 0 Å². The molecule has 7 heteroatoms. The smallest absolute Gasteiger partial charge is 0.311 e. The topological polar surface area (TPSA) is 73.8 Å². The number of hydrogen-bond acceptors (Lipinski definition) is 3. The van der Waals surface area contributed by atoms with Crippen LogP contribution in [-0.4, -0.2) is 24.8 Å². The lowest BCUT2D eigenvalue weighted by Crippen LogP contribution is -2.25. The molecule has 1 amide bonds. The molecule has 4 rings (SSSR count). The summed E-state index contributed by atoms with van der Waals surface area (Å²) in [5.74, 6) is 0.489. The highest BCUT2D eigenvalue weighted by molar-refractivity contribution is 5.89.